The number of anilines is 1. The van der Waals surface area contributed by atoms with Gasteiger partial charge in [0.25, 0.3) is 25.2 Å². The zero-order chi connectivity index (χ0) is 30.8. The first-order chi connectivity index (χ1) is 20.4. The van der Waals surface area contributed by atoms with E-state index in [0.717, 1.165) is 43.2 Å². The highest BCUT2D eigenvalue weighted by Crippen LogP contribution is 2.42. The maximum absolute atomic E-state index is 11.4. The number of rotatable bonds is 11. The van der Waals surface area contributed by atoms with Crippen molar-refractivity contribution < 1.29 is 35.2 Å². The normalized spacial score (nSPS) is 14.8. The summed E-state index contributed by atoms with van der Waals surface area (Å²) >= 11 is 1.58. The molecular weight excluding hydrogens is 609 g/mol. The van der Waals surface area contributed by atoms with Crippen molar-refractivity contribution >= 4 is 53.6 Å². The number of fused-ring (bicyclic) bond motifs is 2. The standard InChI is InChI=1S/C31H32N2O7S3/c1-22-10-13-29-27(18-22)33(15-7-17-43(37,38)39)31(41-29)20-23(2)19-30-32(14-6-16-42(34,35)36)26-21-25(11-12-28(26)40-30)24-8-4-3-5-9-24/h3-5,8-13,18-21H,6-7,14-17H2,1-2H3,(H-,34,35,36,37,38,39)/p+1. The van der Waals surface area contributed by atoms with Crippen LogP contribution in [0.1, 0.15) is 30.3 Å². The van der Waals surface area contributed by atoms with E-state index in [1.165, 1.54) is 0 Å². The van der Waals surface area contributed by atoms with Gasteiger partial charge in [-0.05, 0) is 60.7 Å². The molecule has 0 fully saturated rings. The van der Waals surface area contributed by atoms with Gasteiger partial charge in [0.05, 0.1) is 17.2 Å². The van der Waals surface area contributed by atoms with E-state index in [9.17, 15) is 25.9 Å². The highest BCUT2D eigenvalue weighted by molar-refractivity contribution is 7.86. The Labute approximate surface area is 255 Å². The Hall–Kier alpha value is -3.55. The van der Waals surface area contributed by atoms with Gasteiger partial charge in [-0.3, -0.25) is 9.11 Å². The second-order valence-electron chi connectivity index (χ2n) is 10.5. The third kappa shape index (κ3) is 7.89. The van der Waals surface area contributed by atoms with E-state index in [2.05, 4.69) is 10.6 Å². The largest absolute Gasteiger partial charge is 0.439 e. The summed E-state index contributed by atoms with van der Waals surface area (Å²) in [6.07, 6.45) is 4.33. The van der Waals surface area contributed by atoms with Crippen molar-refractivity contribution in [1.29, 1.82) is 0 Å². The van der Waals surface area contributed by atoms with Gasteiger partial charge in [-0.1, -0.05) is 53.8 Å². The number of aryl methyl sites for hydroxylation is 2. The summed E-state index contributed by atoms with van der Waals surface area (Å²) in [5, 5.41) is 0.907. The van der Waals surface area contributed by atoms with Crippen LogP contribution < -0.4 is 14.2 Å². The van der Waals surface area contributed by atoms with E-state index in [-0.39, 0.29) is 24.3 Å². The molecule has 4 aromatic rings. The third-order valence-corrected chi connectivity index (χ3v) is 9.72. The van der Waals surface area contributed by atoms with Crippen molar-refractivity contribution in [3.8, 4) is 16.9 Å². The molecule has 5 rings (SSSR count). The number of hydrogen-bond acceptors (Lipinski definition) is 7. The molecule has 0 bridgehead atoms. The fourth-order valence-electron chi connectivity index (χ4n) is 5.04. The number of nitrogens with zero attached hydrogens (tertiary/aromatic N) is 2. The molecule has 2 N–H and O–H groups in total. The van der Waals surface area contributed by atoms with Gasteiger partial charge in [0, 0.05) is 31.2 Å². The fourth-order valence-corrected chi connectivity index (χ4v) is 7.21. The van der Waals surface area contributed by atoms with Crippen LogP contribution in [0.5, 0.6) is 5.75 Å². The summed E-state index contributed by atoms with van der Waals surface area (Å²) in [6.45, 7) is 4.65. The number of hydrogen-bond donors (Lipinski definition) is 2. The van der Waals surface area contributed by atoms with E-state index >= 15 is 0 Å². The lowest BCUT2D eigenvalue weighted by atomic mass is 10.0. The van der Waals surface area contributed by atoms with Crippen LogP contribution in [0.25, 0.3) is 27.4 Å². The molecule has 0 saturated heterocycles. The van der Waals surface area contributed by atoms with Crippen molar-refractivity contribution in [3.63, 3.8) is 0 Å². The Bertz CT molecular complexity index is 1930. The van der Waals surface area contributed by atoms with Crippen LogP contribution in [0.3, 0.4) is 0 Å². The number of benzene rings is 3. The van der Waals surface area contributed by atoms with Crippen LogP contribution in [-0.4, -0.2) is 44.0 Å². The predicted molar refractivity (Wildman–Crippen MR) is 170 cm³/mol. The molecule has 0 radical (unpaired) electrons. The molecule has 1 aromatic heterocycles. The van der Waals surface area contributed by atoms with Gasteiger partial charge >= 0.3 is 0 Å². The van der Waals surface area contributed by atoms with Crippen molar-refractivity contribution in [3.05, 3.63) is 94.8 Å². The average molecular weight is 642 g/mol. The van der Waals surface area contributed by atoms with Crippen molar-refractivity contribution in [2.45, 2.75) is 33.2 Å². The van der Waals surface area contributed by atoms with E-state index in [4.69, 9.17) is 4.74 Å². The van der Waals surface area contributed by atoms with Gasteiger partial charge in [-0.2, -0.15) is 21.4 Å². The zero-order valence-corrected chi connectivity index (χ0v) is 26.3. The number of ether oxygens (including phenoxy) is 1. The zero-order valence-electron chi connectivity index (χ0n) is 23.8. The van der Waals surface area contributed by atoms with Gasteiger partial charge in [0.1, 0.15) is 4.70 Å². The quantitative estimate of drug-likeness (QED) is 0.154. The molecule has 12 heteroatoms. The Morgan fingerprint density at radius 1 is 0.930 bits per heavy atom. The van der Waals surface area contributed by atoms with Crippen molar-refractivity contribution in [2.24, 2.45) is 0 Å². The first kappa shape index (κ1) is 30.9. The second-order valence-corrected chi connectivity index (χ2v) is 14.7. The summed E-state index contributed by atoms with van der Waals surface area (Å²) in [7, 11) is -8.19. The number of aromatic nitrogens is 1. The molecule has 0 amide bonds. The van der Waals surface area contributed by atoms with Crippen LogP contribution in [0, 0.1) is 6.92 Å². The SMILES string of the molecule is CC(=Cc1sc2ccc(C)cc2[n+]1CCCS(=O)(=O)O)/C=C1\Oc2ccc(-c3ccccc3)cc2N1CCCS(=O)(=O)O. The average Bonchev–Trinajstić information content (AvgIpc) is 3.44. The molecule has 0 unspecified atom stereocenters. The van der Waals surface area contributed by atoms with Crippen LogP contribution in [0.4, 0.5) is 5.69 Å². The van der Waals surface area contributed by atoms with Crippen molar-refractivity contribution in [1.82, 2.24) is 0 Å². The number of thiazole rings is 1. The Morgan fingerprint density at radius 3 is 2.37 bits per heavy atom. The molecule has 9 nitrogen and oxygen atoms in total. The maximum atomic E-state index is 11.4. The summed E-state index contributed by atoms with van der Waals surface area (Å²) in [4.78, 5) is 1.92. The van der Waals surface area contributed by atoms with Gasteiger partial charge < -0.3 is 9.64 Å². The summed E-state index contributed by atoms with van der Waals surface area (Å²) in [6, 6.07) is 21.9. The van der Waals surface area contributed by atoms with Crippen LogP contribution in [0.15, 0.2) is 84.3 Å². The fraction of sp³-hybridized carbons (Fsp3) is 0.258. The minimum absolute atomic E-state index is 0.195. The number of allylic oxidation sites excluding steroid dienone is 2. The molecule has 226 valence electrons. The van der Waals surface area contributed by atoms with Gasteiger partial charge in [0.2, 0.25) is 11.4 Å². The van der Waals surface area contributed by atoms with E-state index in [1.807, 2.05) is 91.6 Å². The summed E-state index contributed by atoms with van der Waals surface area (Å²) in [5.41, 5.74) is 5.75. The molecule has 0 aliphatic carbocycles. The van der Waals surface area contributed by atoms with E-state index in [1.54, 1.807) is 11.3 Å². The first-order valence-electron chi connectivity index (χ1n) is 13.7. The van der Waals surface area contributed by atoms with Gasteiger partial charge in [0.15, 0.2) is 12.3 Å². The second kappa shape index (κ2) is 12.6. The monoisotopic (exact) mass is 641 g/mol. The predicted octanol–water partition coefficient (Wildman–Crippen LogP) is 5.86. The highest BCUT2D eigenvalue weighted by Gasteiger charge is 2.27. The molecule has 0 spiro atoms. The van der Waals surface area contributed by atoms with E-state index < -0.39 is 20.2 Å². The van der Waals surface area contributed by atoms with E-state index in [0.29, 0.717) is 24.7 Å². The lowest BCUT2D eigenvalue weighted by Gasteiger charge is -2.18. The minimum Gasteiger partial charge on any atom is -0.439 e. The lowest BCUT2D eigenvalue weighted by molar-refractivity contribution is -0.668. The van der Waals surface area contributed by atoms with Gasteiger partial charge in [-0.25, -0.2) is 0 Å². The lowest BCUT2D eigenvalue weighted by Crippen LogP contribution is -2.36. The molecule has 3 aromatic carbocycles. The van der Waals surface area contributed by atoms with Gasteiger partial charge in [-0.15, -0.1) is 0 Å². The molecule has 43 heavy (non-hydrogen) atoms. The smallest absolute Gasteiger partial charge is 0.265 e. The Kier molecular flexibility index (Phi) is 9.04. The molecule has 0 atom stereocenters. The van der Waals surface area contributed by atoms with Crippen LogP contribution >= 0.6 is 11.3 Å². The Balaban J connectivity index is 1.49. The minimum atomic E-state index is -4.12. The van der Waals surface area contributed by atoms with Crippen LogP contribution in [0.2, 0.25) is 0 Å². The molecule has 0 saturated carbocycles. The maximum Gasteiger partial charge on any atom is 0.265 e. The van der Waals surface area contributed by atoms with Crippen LogP contribution in [-0.2, 0) is 26.8 Å². The first-order valence-corrected chi connectivity index (χ1v) is 17.8. The summed E-state index contributed by atoms with van der Waals surface area (Å²) < 4.78 is 73.5. The molecular formula is C31H33N2O7S3+. The topological polar surface area (TPSA) is 125 Å². The molecule has 2 heterocycles. The third-order valence-electron chi connectivity index (χ3n) is 6.99. The summed E-state index contributed by atoms with van der Waals surface area (Å²) in [5.74, 6) is 0.469. The molecule has 1 aliphatic rings. The Morgan fingerprint density at radius 2 is 1.65 bits per heavy atom. The molecule has 1 aliphatic heterocycles. The van der Waals surface area contributed by atoms with Crippen molar-refractivity contribution in [2.75, 3.05) is 23.0 Å². The highest BCUT2D eigenvalue weighted by atomic mass is 32.2.